The van der Waals surface area contributed by atoms with Gasteiger partial charge in [-0.15, -0.1) is 0 Å². The zero-order valence-electron chi connectivity index (χ0n) is 12.7. The molecule has 3 heterocycles. The third kappa shape index (κ3) is 4.01. The number of carbonyl (C=O) groups is 1. The lowest BCUT2D eigenvalue weighted by molar-refractivity contribution is -0.128. The molecule has 0 radical (unpaired) electrons. The van der Waals surface area contributed by atoms with Gasteiger partial charge in [-0.1, -0.05) is 0 Å². The van der Waals surface area contributed by atoms with Gasteiger partial charge >= 0.3 is 0 Å². The van der Waals surface area contributed by atoms with Crippen LogP contribution in [-0.2, 0) is 11.2 Å². The standard InChI is InChI=1S/C16H19N5O2/c22-15-11-21(10-12(15)6-14-8-18-4-5-19-14)16(23)9-20-13-2-1-3-17-7-13/h1-5,7-8,12,15,20,22H,6,9-11H2/t12-,15-/m1/s1. The number of likely N-dealkylation sites (tertiary alicyclic amines) is 1. The first-order chi connectivity index (χ1) is 11.2. The molecule has 0 unspecified atom stereocenters. The number of pyridine rings is 1. The van der Waals surface area contributed by atoms with Gasteiger partial charge in [0.05, 0.1) is 24.0 Å². The van der Waals surface area contributed by atoms with Gasteiger partial charge < -0.3 is 15.3 Å². The first-order valence-corrected chi connectivity index (χ1v) is 7.57. The number of β-amino-alcohol motifs (C(OH)–C–C–N with tert-alkyl or cyclic N) is 1. The van der Waals surface area contributed by atoms with E-state index in [1.165, 1.54) is 0 Å². The lowest BCUT2D eigenvalue weighted by Gasteiger charge is -2.16. The van der Waals surface area contributed by atoms with Crippen LogP contribution in [0.3, 0.4) is 0 Å². The van der Waals surface area contributed by atoms with Crippen LogP contribution in [0.2, 0.25) is 0 Å². The quantitative estimate of drug-likeness (QED) is 0.827. The molecule has 1 fully saturated rings. The summed E-state index contributed by atoms with van der Waals surface area (Å²) in [6.45, 7) is 1.08. The Labute approximate surface area is 134 Å². The average Bonchev–Trinajstić information content (AvgIpc) is 2.95. The molecular formula is C16H19N5O2. The minimum atomic E-state index is -0.528. The summed E-state index contributed by atoms with van der Waals surface area (Å²) in [6, 6.07) is 3.67. The molecule has 23 heavy (non-hydrogen) atoms. The van der Waals surface area contributed by atoms with Gasteiger partial charge in [0, 0.05) is 50.0 Å². The van der Waals surface area contributed by atoms with E-state index in [1.54, 1.807) is 35.9 Å². The van der Waals surface area contributed by atoms with Crippen LogP contribution in [0.4, 0.5) is 5.69 Å². The Hall–Kier alpha value is -2.54. The predicted molar refractivity (Wildman–Crippen MR) is 84.5 cm³/mol. The second kappa shape index (κ2) is 7.15. The third-order valence-electron chi connectivity index (χ3n) is 3.95. The third-order valence-corrected chi connectivity index (χ3v) is 3.95. The number of anilines is 1. The number of carbonyl (C=O) groups excluding carboxylic acids is 1. The number of aliphatic hydroxyl groups excluding tert-OH is 1. The predicted octanol–water partition coefficient (Wildman–Crippen LogP) is 0.345. The highest BCUT2D eigenvalue weighted by molar-refractivity contribution is 5.81. The molecule has 1 aliphatic rings. The summed E-state index contributed by atoms with van der Waals surface area (Å²) in [5.41, 5.74) is 1.64. The Balaban J connectivity index is 1.52. The topological polar surface area (TPSA) is 91.2 Å². The van der Waals surface area contributed by atoms with Crippen molar-refractivity contribution in [1.29, 1.82) is 0 Å². The van der Waals surface area contributed by atoms with Crippen LogP contribution in [0.1, 0.15) is 5.69 Å². The minimum Gasteiger partial charge on any atom is -0.391 e. The lowest BCUT2D eigenvalue weighted by atomic mass is 10.0. The fourth-order valence-electron chi connectivity index (χ4n) is 2.72. The van der Waals surface area contributed by atoms with Crippen molar-refractivity contribution in [3.63, 3.8) is 0 Å². The van der Waals surface area contributed by atoms with E-state index in [-0.39, 0.29) is 18.4 Å². The van der Waals surface area contributed by atoms with E-state index >= 15 is 0 Å². The largest absolute Gasteiger partial charge is 0.391 e. The second-order valence-corrected chi connectivity index (χ2v) is 5.62. The molecular weight excluding hydrogens is 294 g/mol. The van der Waals surface area contributed by atoms with Crippen molar-refractivity contribution in [3.8, 4) is 0 Å². The number of nitrogens with one attached hydrogen (secondary N) is 1. The molecule has 0 spiro atoms. The van der Waals surface area contributed by atoms with Crippen LogP contribution >= 0.6 is 0 Å². The molecule has 2 N–H and O–H groups in total. The van der Waals surface area contributed by atoms with Gasteiger partial charge in [-0.3, -0.25) is 19.7 Å². The fourth-order valence-corrected chi connectivity index (χ4v) is 2.72. The van der Waals surface area contributed by atoms with Crippen LogP contribution in [0.15, 0.2) is 43.1 Å². The zero-order chi connectivity index (χ0) is 16.1. The Morgan fingerprint density at radius 1 is 1.26 bits per heavy atom. The van der Waals surface area contributed by atoms with Gasteiger partial charge in [0.25, 0.3) is 0 Å². The average molecular weight is 313 g/mol. The van der Waals surface area contributed by atoms with E-state index < -0.39 is 6.10 Å². The van der Waals surface area contributed by atoms with Gasteiger partial charge in [-0.25, -0.2) is 0 Å². The van der Waals surface area contributed by atoms with Crippen LogP contribution in [-0.4, -0.2) is 56.6 Å². The van der Waals surface area contributed by atoms with Gasteiger partial charge in [-0.05, 0) is 18.6 Å². The van der Waals surface area contributed by atoms with Gasteiger partial charge in [0.1, 0.15) is 0 Å². The van der Waals surface area contributed by atoms with Crippen LogP contribution in [0.5, 0.6) is 0 Å². The Bertz CT molecular complexity index is 637. The summed E-state index contributed by atoms with van der Waals surface area (Å²) in [7, 11) is 0. The number of aromatic nitrogens is 3. The van der Waals surface area contributed by atoms with E-state index in [1.807, 2.05) is 12.1 Å². The Kier molecular flexibility index (Phi) is 4.77. The highest BCUT2D eigenvalue weighted by atomic mass is 16.3. The lowest BCUT2D eigenvalue weighted by Crippen LogP contribution is -2.34. The number of hydrogen-bond acceptors (Lipinski definition) is 6. The summed E-state index contributed by atoms with van der Waals surface area (Å²) >= 11 is 0. The summed E-state index contributed by atoms with van der Waals surface area (Å²) in [5.74, 6) is -0.0383. The molecule has 2 aromatic heterocycles. The molecule has 7 nitrogen and oxygen atoms in total. The van der Waals surface area contributed by atoms with E-state index in [4.69, 9.17) is 0 Å². The highest BCUT2D eigenvalue weighted by Crippen LogP contribution is 2.20. The monoisotopic (exact) mass is 313 g/mol. The molecule has 0 bridgehead atoms. The number of nitrogens with zero attached hydrogens (tertiary/aromatic N) is 4. The van der Waals surface area contributed by atoms with Crippen molar-refractivity contribution >= 4 is 11.6 Å². The van der Waals surface area contributed by atoms with Crippen molar-refractivity contribution in [2.45, 2.75) is 12.5 Å². The minimum absolute atomic E-state index is 0.00552. The molecule has 7 heteroatoms. The van der Waals surface area contributed by atoms with Crippen LogP contribution in [0.25, 0.3) is 0 Å². The summed E-state index contributed by atoms with van der Waals surface area (Å²) < 4.78 is 0. The van der Waals surface area contributed by atoms with Gasteiger partial charge in [0.2, 0.25) is 5.91 Å². The smallest absolute Gasteiger partial charge is 0.241 e. The molecule has 120 valence electrons. The maximum Gasteiger partial charge on any atom is 0.241 e. The number of hydrogen-bond donors (Lipinski definition) is 2. The number of aliphatic hydroxyl groups is 1. The normalized spacial score (nSPS) is 20.5. The van der Waals surface area contributed by atoms with Gasteiger partial charge in [-0.2, -0.15) is 0 Å². The summed E-state index contributed by atoms with van der Waals surface area (Å²) in [6.07, 6.45) is 8.39. The second-order valence-electron chi connectivity index (χ2n) is 5.62. The van der Waals surface area contributed by atoms with E-state index in [0.29, 0.717) is 19.5 Å². The van der Waals surface area contributed by atoms with Crippen LogP contribution in [0, 0.1) is 5.92 Å². The zero-order valence-corrected chi connectivity index (χ0v) is 12.7. The summed E-state index contributed by atoms with van der Waals surface area (Å²) in [4.78, 5) is 26.2. The van der Waals surface area contributed by atoms with Crippen molar-refractivity contribution in [2.75, 3.05) is 25.0 Å². The Morgan fingerprint density at radius 3 is 2.87 bits per heavy atom. The van der Waals surface area contributed by atoms with Gasteiger partial charge in [0.15, 0.2) is 0 Å². The molecule has 0 aromatic carbocycles. The van der Waals surface area contributed by atoms with E-state index in [9.17, 15) is 9.90 Å². The molecule has 1 amide bonds. The maximum absolute atomic E-state index is 12.3. The molecule has 2 atom stereocenters. The molecule has 2 aromatic rings. The van der Waals surface area contributed by atoms with Crippen LogP contribution < -0.4 is 5.32 Å². The molecule has 1 saturated heterocycles. The van der Waals surface area contributed by atoms with Crippen molar-refractivity contribution < 1.29 is 9.90 Å². The van der Waals surface area contributed by atoms with E-state index in [2.05, 4.69) is 20.3 Å². The first kappa shape index (κ1) is 15.4. The number of rotatable bonds is 5. The van der Waals surface area contributed by atoms with Crippen molar-refractivity contribution in [1.82, 2.24) is 19.9 Å². The molecule has 1 aliphatic heterocycles. The fraction of sp³-hybridized carbons (Fsp3) is 0.375. The maximum atomic E-state index is 12.3. The van der Waals surface area contributed by atoms with Crippen molar-refractivity contribution in [2.24, 2.45) is 5.92 Å². The molecule has 0 aliphatic carbocycles. The molecule has 3 rings (SSSR count). The first-order valence-electron chi connectivity index (χ1n) is 7.57. The Morgan fingerprint density at radius 2 is 2.13 bits per heavy atom. The number of amides is 1. The summed E-state index contributed by atoms with van der Waals surface area (Å²) in [5, 5.41) is 13.2. The van der Waals surface area contributed by atoms with E-state index in [0.717, 1.165) is 11.4 Å². The molecule has 0 saturated carbocycles. The van der Waals surface area contributed by atoms with Crippen molar-refractivity contribution in [3.05, 3.63) is 48.8 Å². The highest BCUT2D eigenvalue weighted by Gasteiger charge is 2.34. The SMILES string of the molecule is O=C(CNc1cccnc1)N1C[C@@H](Cc2cnccn2)[C@H](O)C1.